The highest BCUT2D eigenvalue weighted by molar-refractivity contribution is 5.75. The molecule has 0 aliphatic rings. The smallest absolute Gasteiger partial charge is 0.223 e. The lowest BCUT2D eigenvalue weighted by Crippen LogP contribution is -2.24. The maximum absolute atomic E-state index is 11.5. The van der Waals surface area contributed by atoms with Gasteiger partial charge in [0.05, 0.1) is 13.0 Å². The number of carbonyl (C=O) groups is 1. The average Bonchev–Trinajstić information content (AvgIpc) is 2.91. The first-order chi connectivity index (χ1) is 8.84. The number of aromatic nitrogens is 1. The minimum atomic E-state index is -0.00729. The molecular formula is C14H16N2O2. The van der Waals surface area contributed by atoms with Crippen molar-refractivity contribution in [3.05, 3.63) is 54.4 Å². The van der Waals surface area contributed by atoms with Gasteiger partial charge in [-0.15, -0.1) is 0 Å². The van der Waals surface area contributed by atoms with Gasteiger partial charge in [-0.25, -0.2) is 0 Å². The number of para-hydroxylation sites is 1. The third-order valence-electron chi connectivity index (χ3n) is 2.49. The summed E-state index contributed by atoms with van der Waals surface area (Å²) in [6.07, 6.45) is 4.06. The zero-order valence-electron chi connectivity index (χ0n) is 10.1. The van der Waals surface area contributed by atoms with E-state index < -0.39 is 0 Å². The van der Waals surface area contributed by atoms with Crippen LogP contribution in [-0.2, 0) is 11.3 Å². The molecule has 0 unspecified atom stereocenters. The Morgan fingerprint density at radius 1 is 1.22 bits per heavy atom. The van der Waals surface area contributed by atoms with E-state index in [0.29, 0.717) is 19.6 Å². The van der Waals surface area contributed by atoms with Gasteiger partial charge in [-0.2, -0.15) is 0 Å². The molecule has 2 rings (SSSR count). The number of ether oxygens (including phenoxy) is 1. The van der Waals surface area contributed by atoms with Crippen molar-refractivity contribution in [1.82, 2.24) is 10.3 Å². The molecule has 0 saturated heterocycles. The van der Waals surface area contributed by atoms with E-state index >= 15 is 0 Å². The summed E-state index contributed by atoms with van der Waals surface area (Å²) in [4.78, 5) is 14.5. The van der Waals surface area contributed by atoms with E-state index in [0.717, 1.165) is 11.3 Å². The predicted octanol–water partition coefficient (Wildman–Crippen LogP) is 2.10. The van der Waals surface area contributed by atoms with Gasteiger partial charge in [0.25, 0.3) is 0 Å². The fourth-order valence-electron chi connectivity index (χ4n) is 1.54. The number of aromatic amines is 1. The van der Waals surface area contributed by atoms with Crippen molar-refractivity contribution in [2.75, 3.05) is 6.61 Å². The molecule has 18 heavy (non-hydrogen) atoms. The molecule has 0 aliphatic heterocycles. The van der Waals surface area contributed by atoms with E-state index in [1.165, 1.54) is 0 Å². The van der Waals surface area contributed by atoms with Gasteiger partial charge in [0.1, 0.15) is 5.75 Å². The Kier molecular flexibility index (Phi) is 4.41. The first kappa shape index (κ1) is 12.2. The summed E-state index contributed by atoms with van der Waals surface area (Å²) in [6, 6.07) is 11.4. The molecule has 4 heteroatoms. The fraction of sp³-hybridized carbons (Fsp3) is 0.214. The van der Waals surface area contributed by atoms with Gasteiger partial charge >= 0.3 is 0 Å². The number of H-pyrrole nitrogens is 1. The van der Waals surface area contributed by atoms with Crippen LogP contribution in [0, 0.1) is 0 Å². The van der Waals surface area contributed by atoms with E-state index in [2.05, 4.69) is 10.3 Å². The maximum Gasteiger partial charge on any atom is 0.223 e. The van der Waals surface area contributed by atoms with Crippen molar-refractivity contribution < 1.29 is 9.53 Å². The van der Waals surface area contributed by atoms with Crippen molar-refractivity contribution in [1.29, 1.82) is 0 Å². The van der Waals surface area contributed by atoms with Crippen molar-refractivity contribution in [3.63, 3.8) is 0 Å². The number of benzene rings is 1. The van der Waals surface area contributed by atoms with E-state index in [1.54, 1.807) is 0 Å². The van der Waals surface area contributed by atoms with Crippen LogP contribution in [-0.4, -0.2) is 17.5 Å². The van der Waals surface area contributed by atoms with Crippen LogP contribution in [0.15, 0.2) is 48.8 Å². The van der Waals surface area contributed by atoms with Crippen LogP contribution in [0.3, 0.4) is 0 Å². The Bertz CT molecular complexity index is 466. The first-order valence-corrected chi connectivity index (χ1v) is 5.91. The lowest BCUT2D eigenvalue weighted by Gasteiger charge is -2.06. The van der Waals surface area contributed by atoms with Gasteiger partial charge in [-0.1, -0.05) is 18.2 Å². The molecule has 1 aromatic carbocycles. The summed E-state index contributed by atoms with van der Waals surface area (Å²) >= 11 is 0. The molecule has 2 N–H and O–H groups in total. The molecule has 0 aliphatic carbocycles. The largest absolute Gasteiger partial charge is 0.493 e. The van der Waals surface area contributed by atoms with Gasteiger partial charge in [0.2, 0.25) is 5.91 Å². The van der Waals surface area contributed by atoms with Crippen LogP contribution < -0.4 is 10.1 Å². The quantitative estimate of drug-likeness (QED) is 0.817. The van der Waals surface area contributed by atoms with Crippen LogP contribution in [0.25, 0.3) is 0 Å². The van der Waals surface area contributed by atoms with Crippen LogP contribution >= 0.6 is 0 Å². The van der Waals surface area contributed by atoms with Gasteiger partial charge in [0, 0.05) is 18.9 Å². The summed E-state index contributed by atoms with van der Waals surface area (Å²) in [6.45, 7) is 0.941. The van der Waals surface area contributed by atoms with Gasteiger partial charge in [0.15, 0.2) is 0 Å². The van der Waals surface area contributed by atoms with Crippen LogP contribution in [0.5, 0.6) is 5.75 Å². The first-order valence-electron chi connectivity index (χ1n) is 5.91. The molecule has 2 aromatic rings. The summed E-state index contributed by atoms with van der Waals surface area (Å²) in [5.41, 5.74) is 1.06. The molecule has 4 nitrogen and oxygen atoms in total. The summed E-state index contributed by atoms with van der Waals surface area (Å²) in [7, 11) is 0. The van der Waals surface area contributed by atoms with Gasteiger partial charge < -0.3 is 15.0 Å². The molecule has 94 valence electrons. The topological polar surface area (TPSA) is 54.1 Å². The fourth-order valence-corrected chi connectivity index (χ4v) is 1.54. The number of rotatable bonds is 6. The van der Waals surface area contributed by atoms with Crippen molar-refractivity contribution in [2.24, 2.45) is 0 Å². The van der Waals surface area contributed by atoms with Crippen LogP contribution in [0.4, 0.5) is 0 Å². The SMILES string of the molecule is O=C(CCOc1ccccc1)NCc1cc[nH]c1. The second-order valence-corrected chi connectivity index (χ2v) is 3.91. The number of nitrogens with one attached hydrogen (secondary N) is 2. The molecule has 0 saturated carbocycles. The third-order valence-corrected chi connectivity index (χ3v) is 2.49. The molecule has 0 spiro atoms. The normalized spacial score (nSPS) is 10.0. The zero-order chi connectivity index (χ0) is 12.6. The van der Waals surface area contributed by atoms with E-state index in [4.69, 9.17) is 4.74 Å². The molecule has 1 amide bonds. The number of hydrogen-bond acceptors (Lipinski definition) is 2. The summed E-state index contributed by atoms with van der Waals surface area (Å²) < 4.78 is 5.45. The molecule has 0 atom stereocenters. The van der Waals surface area contributed by atoms with Gasteiger partial charge in [-0.3, -0.25) is 4.79 Å². The zero-order valence-corrected chi connectivity index (χ0v) is 10.1. The van der Waals surface area contributed by atoms with Crippen molar-refractivity contribution >= 4 is 5.91 Å². The highest BCUT2D eigenvalue weighted by atomic mass is 16.5. The molecule has 1 heterocycles. The Morgan fingerprint density at radius 3 is 2.78 bits per heavy atom. The number of hydrogen-bond donors (Lipinski definition) is 2. The molecule has 0 bridgehead atoms. The van der Waals surface area contributed by atoms with Crippen LogP contribution in [0.2, 0.25) is 0 Å². The Labute approximate surface area is 106 Å². The standard InChI is InChI=1S/C14H16N2O2/c17-14(16-11-12-6-8-15-10-12)7-9-18-13-4-2-1-3-5-13/h1-6,8,10,15H,7,9,11H2,(H,16,17). The molecule has 0 radical (unpaired) electrons. The molecule has 1 aromatic heterocycles. The Balaban J connectivity index is 1.63. The molecular weight excluding hydrogens is 228 g/mol. The van der Waals surface area contributed by atoms with Crippen molar-refractivity contribution in [2.45, 2.75) is 13.0 Å². The maximum atomic E-state index is 11.5. The summed E-state index contributed by atoms with van der Waals surface area (Å²) in [5, 5.41) is 2.83. The Hall–Kier alpha value is -2.23. The summed E-state index contributed by atoms with van der Waals surface area (Å²) in [5.74, 6) is 0.781. The van der Waals surface area contributed by atoms with Gasteiger partial charge in [-0.05, 0) is 23.8 Å². The number of carbonyl (C=O) groups excluding carboxylic acids is 1. The number of amides is 1. The second kappa shape index (κ2) is 6.49. The average molecular weight is 244 g/mol. The highest BCUT2D eigenvalue weighted by Crippen LogP contribution is 2.08. The van der Waals surface area contributed by atoms with Crippen LogP contribution in [0.1, 0.15) is 12.0 Å². The predicted molar refractivity (Wildman–Crippen MR) is 69.2 cm³/mol. The second-order valence-electron chi connectivity index (χ2n) is 3.91. The highest BCUT2D eigenvalue weighted by Gasteiger charge is 2.02. The van der Waals surface area contributed by atoms with E-state index in [9.17, 15) is 4.79 Å². The van der Waals surface area contributed by atoms with E-state index in [1.807, 2.05) is 48.8 Å². The minimum Gasteiger partial charge on any atom is -0.493 e. The lowest BCUT2D eigenvalue weighted by atomic mass is 10.3. The lowest BCUT2D eigenvalue weighted by molar-refractivity contribution is -0.121. The monoisotopic (exact) mass is 244 g/mol. The third kappa shape index (κ3) is 3.97. The Morgan fingerprint density at radius 2 is 2.06 bits per heavy atom. The van der Waals surface area contributed by atoms with Crippen molar-refractivity contribution in [3.8, 4) is 5.75 Å². The van der Waals surface area contributed by atoms with E-state index in [-0.39, 0.29) is 5.91 Å². The molecule has 0 fully saturated rings. The minimum absolute atomic E-state index is 0.00729.